The zero-order valence-electron chi connectivity index (χ0n) is 12.9. The number of aryl methyl sites for hydroxylation is 1. The van der Waals surface area contributed by atoms with Crippen LogP contribution in [0.15, 0.2) is 23.6 Å². The first-order valence-electron chi connectivity index (χ1n) is 6.98. The number of rotatable bonds is 4. The molecule has 0 aliphatic rings. The highest BCUT2D eigenvalue weighted by Crippen LogP contribution is 2.28. The van der Waals surface area contributed by atoms with Crippen molar-refractivity contribution in [2.24, 2.45) is 5.84 Å². The topological polar surface area (TPSA) is 50.9 Å². The second-order valence-corrected chi connectivity index (χ2v) is 7.68. The van der Waals surface area contributed by atoms with Gasteiger partial charge in [0.1, 0.15) is 0 Å². The van der Waals surface area contributed by atoms with Crippen molar-refractivity contribution in [2.75, 3.05) is 0 Å². The number of benzene rings is 1. The standard InChI is InChI=1S/C16H22ClN3S/c1-10-7-11(17)5-6-12(10)13(20-18)8-15-19-14(9-21-15)16(2,3)4/h5-7,9,13,20H,8,18H2,1-4H3. The van der Waals surface area contributed by atoms with Crippen molar-refractivity contribution in [3.63, 3.8) is 0 Å². The van der Waals surface area contributed by atoms with Gasteiger partial charge in [-0.3, -0.25) is 11.3 Å². The third-order valence-corrected chi connectivity index (χ3v) is 4.61. The van der Waals surface area contributed by atoms with E-state index in [2.05, 4.69) is 31.6 Å². The van der Waals surface area contributed by atoms with Crippen molar-refractivity contribution in [2.45, 2.75) is 45.6 Å². The molecule has 0 spiro atoms. The summed E-state index contributed by atoms with van der Waals surface area (Å²) in [6.45, 7) is 8.57. The average Bonchev–Trinajstić information content (AvgIpc) is 2.85. The number of halogens is 1. The lowest BCUT2D eigenvalue weighted by atomic mass is 9.93. The first-order chi connectivity index (χ1) is 9.81. The van der Waals surface area contributed by atoms with E-state index < -0.39 is 0 Å². The lowest BCUT2D eigenvalue weighted by Crippen LogP contribution is -2.30. The molecule has 21 heavy (non-hydrogen) atoms. The van der Waals surface area contributed by atoms with Crippen LogP contribution >= 0.6 is 22.9 Å². The van der Waals surface area contributed by atoms with E-state index >= 15 is 0 Å². The minimum atomic E-state index is 0.0428. The molecule has 0 aliphatic heterocycles. The van der Waals surface area contributed by atoms with E-state index in [1.54, 1.807) is 11.3 Å². The van der Waals surface area contributed by atoms with Crippen LogP contribution < -0.4 is 11.3 Å². The highest BCUT2D eigenvalue weighted by molar-refractivity contribution is 7.09. The van der Waals surface area contributed by atoms with E-state index in [4.69, 9.17) is 22.4 Å². The van der Waals surface area contributed by atoms with Gasteiger partial charge in [-0.15, -0.1) is 11.3 Å². The molecule has 2 rings (SSSR count). The predicted molar refractivity (Wildman–Crippen MR) is 90.8 cm³/mol. The van der Waals surface area contributed by atoms with Crippen molar-refractivity contribution < 1.29 is 0 Å². The third-order valence-electron chi connectivity index (χ3n) is 3.51. The van der Waals surface area contributed by atoms with Gasteiger partial charge in [0.25, 0.3) is 0 Å². The third kappa shape index (κ3) is 4.04. The molecule has 1 heterocycles. The Bertz CT molecular complexity index is 616. The Morgan fingerprint density at radius 1 is 1.38 bits per heavy atom. The molecule has 1 aromatic heterocycles. The molecule has 0 amide bonds. The largest absolute Gasteiger partial charge is 0.271 e. The lowest BCUT2D eigenvalue weighted by Gasteiger charge is -2.18. The summed E-state index contributed by atoms with van der Waals surface area (Å²) in [5.74, 6) is 5.75. The zero-order chi connectivity index (χ0) is 15.6. The van der Waals surface area contributed by atoms with Crippen molar-refractivity contribution >= 4 is 22.9 Å². The maximum absolute atomic E-state index is 6.02. The number of hydrazine groups is 1. The normalized spacial score (nSPS) is 13.4. The molecule has 0 radical (unpaired) electrons. The fourth-order valence-electron chi connectivity index (χ4n) is 2.21. The van der Waals surface area contributed by atoms with Gasteiger partial charge in [-0.1, -0.05) is 38.4 Å². The van der Waals surface area contributed by atoms with Crippen molar-refractivity contribution in [3.05, 3.63) is 50.4 Å². The number of hydrogen-bond donors (Lipinski definition) is 2. The molecule has 3 nitrogen and oxygen atoms in total. The van der Waals surface area contributed by atoms with E-state index in [0.29, 0.717) is 0 Å². The Balaban J connectivity index is 2.21. The number of aromatic nitrogens is 1. The number of nitrogens with one attached hydrogen (secondary N) is 1. The quantitative estimate of drug-likeness (QED) is 0.656. The van der Waals surface area contributed by atoms with Crippen LogP contribution in [-0.4, -0.2) is 4.98 Å². The van der Waals surface area contributed by atoms with Crippen LogP contribution in [0.2, 0.25) is 5.02 Å². The average molecular weight is 324 g/mol. The van der Waals surface area contributed by atoms with Gasteiger partial charge in [0, 0.05) is 22.2 Å². The number of hydrogen-bond acceptors (Lipinski definition) is 4. The maximum Gasteiger partial charge on any atom is 0.0948 e. The molecule has 1 atom stereocenters. The molecule has 0 aliphatic carbocycles. The molecule has 0 saturated carbocycles. The summed E-state index contributed by atoms with van der Waals surface area (Å²) >= 11 is 7.71. The van der Waals surface area contributed by atoms with Gasteiger partial charge in [-0.2, -0.15) is 0 Å². The summed E-state index contributed by atoms with van der Waals surface area (Å²) in [7, 11) is 0. The van der Waals surface area contributed by atoms with Crippen LogP contribution in [0, 0.1) is 6.92 Å². The fourth-order valence-corrected chi connectivity index (χ4v) is 3.51. The molecule has 1 aromatic carbocycles. The van der Waals surface area contributed by atoms with Crippen LogP contribution in [0.4, 0.5) is 0 Å². The van der Waals surface area contributed by atoms with Crippen LogP contribution in [0.3, 0.4) is 0 Å². The molecule has 3 N–H and O–H groups in total. The first-order valence-corrected chi connectivity index (χ1v) is 8.24. The Labute approximate surface area is 135 Å². The van der Waals surface area contributed by atoms with E-state index in [1.807, 2.05) is 25.1 Å². The first kappa shape index (κ1) is 16.4. The monoisotopic (exact) mass is 323 g/mol. The summed E-state index contributed by atoms with van der Waals surface area (Å²) in [5, 5.41) is 3.98. The van der Waals surface area contributed by atoms with Gasteiger partial charge >= 0.3 is 0 Å². The predicted octanol–water partition coefficient (Wildman–Crippen LogP) is 4.15. The SMILES string of the molecule is Cc1cc(Cl)ccc1C(Cc1nc(C(C)(C)C)cs1)NN. The molecule has 5 heteroatoms. The molecule has 0 saturated heterocycles. The van der Waals surface area contributed by atoms with E-state index in [1.165, 1.54) is 0 Å². The Kier molecular flexibility index (Phi) is 5.04. The Morgan fingerprint density at radius 2 is 2.10 bits per heavy atom. The minimum absolute atomic E-state index is 0.0428. The lowest BCUT2D eigenvalue weighted by molar-refractivity contribution is 0.539. The Morgan fingerprint density at radius 3 is 2.62 bits per heavy atom. The highest BCUT2D eigenvalue weighted by Gasteiger charge is 2.20. The van der Waals surface area contributed by atoms with Crippen molar-refractivity contribution in [1.82, 2.24) is 10.4 Å². The maximum atomic E-state index is 6.02. The number of nitrogens with two attached hydrogens (primary N) is 1. The van der Waals surface area contributed by atoms with Gasteiger partial charge in [-0.05, 0) is 30.2 Å². The van der Waals surface area contributed by atoms with Crippen LogP contribution in [0.5, 0.6) is 0 Å². The van der Waals surface area contributed by atoms with Crippen molar-refractivity contribution in [3.8, 4) is 0 Å². The van der Waals surface area contributed by atoms with Gasteiger partial charge in [0.05, 0.1) is 16.7 Å². The van der Waals surface area contributed by atoms with Crippen molar-refractivity contribution in [1.29, 1.82) is 0 Å². The van der Waals surface area contributed by atoms with Gasteiger partial charge in [0.2, 0.25) is 0 Å². The number of thiazole rings is 1. The summed E-state index contributed by atoms with van der Waals surface area (Å²) in [6.07, 6.45) is 0.777. The molecular formula is C16H22ClN3S. The Hall–Kier alpha value is -0.940. The van der Waals surface area contributed by atoms with Crippen LogP contribution in [0.1, 0.15) is 48.6 Å². The van der Waals surface area contributed by atoms with E-state index in [0.717, 1.165) is 33.3 Å². The van der Waals surface area contributed by atoms with Gasteiger partial charge < -0.3 is 0 Å². The van der Waals surface area contributed by atoms with E-state index in [-0.39, 0.29) is 11.5 Å². The molecule has 1 unspecified atom stereocenters. The van der Waals surface area contributed by atoms with Gasteiger partial charge in [0.15, 0.2) is 0 Å². The molecular weight excluding hydrogens is 302 g/mol. The second-order valence-electron chi connectivity index (χ2n) is 6.30. The smallest absolute Gasteiger partial charge is 0.0948 e. The summed E-state index contributed by atoms with van der Waals surface area (Å²) in [4.78, 5) is 4.74. The van der Waals surface area contributed by atoms with Gasteiger partial charge in [-0.25, -0.2) is 4.98 Å². The molecule has 114 valence electrons. The highest BCUT2D eigenvalue weighted by atomic mass is 35.5. The van der Waals surface area contributed by atoms with Crippen LogP contribution in [0.25, 0.3) is 0 Å². The second kappa shape index (κ2) is 6.44. The van der Waals surface area contributed by atoms with E-state index in [9.17, 15) is 0 Å². The molecule has 2 aromatic rings. The molecule has 0 fully saturated rings. The minimum Gasteiger partial charge on any atom is -0.271 e. The molecule has 0 bridgehead atoms. The summed E-state index contributed by atoms with van der Waals surface area (Å²) in [5.41, 5.74) is 6.41. The van der Waals surface area contributed by atoms with Crippen LogP contribution in [-0.2, 0) is 11.8 Å². The summed E-state index contributed by atoms with van der Waals surface area (Å²) < 4.78 is 0. The summed E-state index contributed by atoms with van der Waals surface area (Å²) in [6, 6.07) is 5.93. The fraction of sp³-hybridized carbons (Fsp3) is 0.438. The zero-order valence-corrected chi connectivity index (χ0v) is 14.5. The number of nitrogens with zero attached hydrogens (tertiary/aromatic N) is 1.